The van der Waals surface area contributed by atoms with Crippen LogP contribution in [0.2, 0.25) is 0 Å². The monoisotopic (exact) mass is 313 g/mol. The highest BCUT2D eigenvalue weighted by molar-refractivity contribution is 5.95. The first kappa shape index (κ1) is 16.1. The Bertz CT molecular complexity index is 744. The van der Waals surface area contributed by atoms with Crippen LogP contribution < -0.4 is 10.3 Å². The molecule has 8 nitrogen and oxygen atoms in total. The van der Waals surface area contributed by atoms with Gasteiger partial charge in [-0.05, 0) is 18.2 Å². The zero-order valence-corrected chi connectivity index (χ0v) is 12.6. The molecule has 1 aromatic carbocycles. The Labute approximate surface area is 132 Å². The van der Waals surface area contributed by atoms with Crippen LogP contribution in [0.25, 0.3) is 0 Å². The van der Waals surface area contributed by atoms with Gasteiger partial charge in [0.2, 0.25) is 0 Å². The van der Waals surface area contributed by atoms with E-state index in [0.29, 0.717) is 11.1 Å². The highest BCUT2D eigenvalue weighted by atomic mass is 16.6. The van der Waals surface area contributed by atoms with Gasteiger partial charge in [-0.15, -0.1) is 0 Å². The van der Waals surface area contributed by atoms with Gasteiger partial charge in [-0.3, -0.25) is 19.9 Å². The van der Waals surface area contributed by atoms with Crippen LogP contribution in [0.1, 0.15) is 15.9 Å². The van der Waals surface area contributed by atoms with E-state index < -0.39 is 4.92 Å². The van der Waals surface area contributed by atoms with Crippen molar-refractivity contribution < 1.29 is 9.72 Å². The van der Waals surface area contributed by atoms with Gasteiger partial charge in [0.05, 0.1) is 11.1 Å². The molecule has 0 atom stereocenters. The SMILES string of the molecule is CN(C)c1ccc([N+](=O)[O-])cc1C=NNC(=O)c1ccncc1. The highest BCUT2D eigenvalue weighted by Crippen LogP contribution is 2.22. The molecule has 1 heterocycles. The van der Waals surface area contributed by atoms with E-state index in [2.05, 4.69) is 15.5 Å². The topological polar surface area (TPSA) is 101 Å². The molecule has 1 amide bonds. The molecule has 1 N–H and O–H groups in total. The number of hydrogen-bond donors (Lipinski definition) is 1. The summed E-state index contributed by atoms with van der Waals surface area (Å²) < 4.78 is 0. The molecule has 1 aromatic heterocycles. The van der Waals surface area contributed by atoms with E-state index in [-0.39, 0.29) is 11.6 Å². The minimum atomic E-state index is -0.480. The number of nitro benzene ring substituents is 1. The van der Waals surface area contributed by atoms with Crippen LogP contribution in [0, 0.1) is 10.1 Å². The molecule has 0 aliphatic rings. The number of rotatable bonds is 5. The summed E-state index contributed by atoms with van der Waals surface area (Å²) in [6.45, 7) is 0. The second-order valence-corrected chi connectivity index (χ2v) is 4.83. The van der Waals surface area contributed by atoms with Crippen LogP contribution in [-0.4, -0.2) is 36.1 Å². The van der Waals surface area contributed by atoms with Gasteiger partial charge in [0, 0.05) is 55.4 Å². The van der Waals surface area contributed by atoms with E-state index >= 15 is 0 Å². The summed E-state index contributed by atoms with van der Waals surface area (Å²) in [6.07, 6.45) is 4.38. The Balaban J connectivity index is 2.19. The van der Waals surface area contributed by atoms with Gasteiger partial charge in [-0.2, -0.15) is 5.10 Å². The average Bonchev–Trinajstić information content (AvgIpc) is 2.55. The van der Waals surface area contributed by atoms with Crippen molar-refractivity contribution in [3.63, 3.8) is 0 Å². The van der Waals surface area contributed by atoms with E-state index in [1.807, 2.05) is 14.1 Å². The number of aromatic nitrogens is 1. The van der Waals surface area contributed by atoms with Crippen LogP contribution >= 0.6 is 0 Å². The fourth-order valence-electron chi connectivity index (χ4n) is 1.89. The maximum atomic E-state index is 11.9. The number of pyridine rings is 1. The molecular formula is C15H15N5O3. The van der Waals surface area contributed by atoms with Crippen molar-refractivity contribution >= 4 is 23.5 Å². The predicted molar refractivity (Wildman–Crippen MR) is 86.7 cm³/mol. The number of hydrazone groups is 1. The number of amides is 1. The van der Waals surface area contributed by atoms with Crippen LogP contribution in [0.3, 0.4) is 0 Å². The molecule has 23 heavy (non-hydrogen) atoms. The molecule has 0 bridgehead atoms. The number of non-ortho nitro benzene ring substituents is 1. The van der Waals surface area contributed by atoms with E-state index in [9.17, 15) is 14.9 Å². The van der Waals surface area contributed by atoms with E-state index in [0.717, 1.165) is 5.69 Å². The minimum absolute atomic E-state index is 0.0440. The van der Waals surface area contributed by atoms with E-state index in [1.165, 1.54) is 30.7 Å². The third-order valence-corrected chi connectivity index (χ3v) is 3.02. The van der Waals surface area contributed by atoms with Crippen molar-refractivity contribution in [3.8, 4) is 0 Å². The molecule has 2 rings (SSSR count). The fraction of sp³-hybridized carbons (Fsp3) is 0.133. The summed E-state index contributed by atoms with van der Waals surface area (Å²) in [5.74, 6) is -0.388. The van der Waals surface area contributed by atoms with Gasteiger partial charge in [0.1, 0.15) is 0 Å². The number of nitro groups is 1. The van der Waals surface area contributed by atoms with Crippen LogP contribution in [0.5, 0.6) is 0 Å². The van der Waals surface area contributed by atoms with Crippen molar-refractivity contribution in [2.45, 2.75) is 0 Å². The van der Waals surface area contributed by atoms with Gasteiger partial charge in [-0.1, -0.05) is 0 Å². The van der Waals surface area contributed by atoms with Gasteiger partial charge in [0.25, 0.3) is 11.6 Å². The van der Waals surface area contributed by atoms with Crippen molar-refractivity contribution in [2.75, 3.05) is 19.0 Å². The summed E-state index contributed by atoms with van der Waals surface area (Å²) in [5, 5.41) is 14.7. The lowest BCUT2D eigenvalue weighted by molar-refractivity contribution is -0.384. The van der Waals surface area contributed by atoms with E-state index in [1.54, 1.807) is 23.1 Å². The number of nitrogens with one attached hydrogen (secondary N) is 1. The average molecular weight is 313 g/mol. The number of hydrogen-bond acceptors (Lipinski definition) is 6. The quantitative estimate of drug-likeness (QED) is 0.515. The molecule has 2 aromatic rings. The first-order chi connectivity index (χ1) is 11.0. The number of benzene rings is 1. The third kappa shape index (κ3) is 4.10. The maximum Gasteiger partial charge on any atom is 0.271 e. The van der Waals surface area contributed by atoms with Crippen molar-refractivity contribution in [3.05, 3.63) is 64.0 Å². The van der Waals surface area contributed by atoms with Gasteiger partial charge >= 0.3 is 0 Å². The third-order valence-electron chi connectivity index (χ3n) is 3.02. The number of carbonyl (C=O) groups is 1. The highest BCUT2D eigenvalue weighted by Gasteiger charge is 2.11. The molecule has 0 fully saturated rings. The van der Waals surface area contributed by atoms with Crippen LogP contribution in [-0.2, 0) is 0 Å². The molecule has 0 spiro atoms. The largest absolute Gasteiger partial charge is 0.377 e. The lowest BCUT2D eigenvalue weighted by Gasteiger charge is -2.14. The molecule has 0 unspecified atom stereocenters. The lowest BCUT2D eigenvalue weighted by Crippen LogP contribution is -2.18. The number of nitrogens with zero attached hydrogens (tertiary/aromatic N) is 4. The summed E-state index contributed by atoms with van der Waals surface area (Å²) in [7, 11) is 3.63. The van der Waals surface area contributed by atoms with Crippen LogP contribution in [0.4, 0.5) is 11.4 Å². The molecule has 0 aliphatic heterocycles. The standard InChI is InChI=1S/C15H15N5O3/c1-19(2)14-4-3-13(20(22)23)9-12(14)10-17-18-15(21)11-5-7-16-8-6-11/h3-10H,1-2H3,(H,18,21). The Morgan fingerprint density at radius 2 is 2.00 bits per heavy atom. The molecule has 0 saturated carbocycles. The van der Waals surface area contributed by atoms with Gasteiger partial charge < -0.3 is 4.90 Å². The first-order valence-corrected chi connectivity index (χ1v) is 6.68. The molecule has 118 valence electrons. The summed E-state index contributed by atoms with van der Waals surface area (Å²) in [6, 6.07) is 7.57. The normalized spacial score (nSPS) is 10.5. The molecule has 0 aliphatic carbocycles. The molecule has 0 saturated heterocycles. The van der Waals surface area contributed by atoms with E-state index in [4.69, 9.17) is 0 Å². The predicted octanol–water partition coefficient (Wildman–Crippen LogP) is 1.82. The first-order valence-electron chi connectivity index (χ1n) is 6.68. The summed E-state index contributed by atoms with van der Waals surface area (Å²) >= 11 is 0. The van der Waals surface area contributed by atoms with Crippen LogP contribution in [0.15, 0.2) is 47.8 Å². The smallest absolute Gasteiger partial charge is 0.271 e. The second kappa shape index (κ2) is 7.12. The van der Waals surface area contributed by atoms with Crippen molar-refractivity contribution in [2.24, 2.45) is 5.10 Å². The maximum absolute atomic E-state index is 11.9. The molecule has 8 heteroatoms. The summed E-state index contributed by atoms with van der Waals surface area (Å²) in [4.78, 5) is 27.9. The number of anilines is 1. The molecule has 0 radical (unpaired) electrons. The fourth-order valence-corrected chi connectivity index (χ4v) is 1.89. The minimum Gasteiger partial charge on any atom is -0.377 e. The lowest BCUT2D eigenvalue weighted by atomic mass is 10.1. The summed E-state index contributed by atoms with van der Waals surface area (Å²) in [5.41, 5.74) is 4.03. The van der Waals surface area contributed by atoms with Gasteiger partial charge in [0.15, 0.2) is 0 Å². The zero-order valence-electron chi connectivity index (χ0n) is 12.6. The van der Waals surface area contributed by atoms with Gasteiger partial charge in [-0.25, -0.2) is 5.43 Å². The number of carbonyl (C=O) groups excluding carboxylic acids is 1. The molecular weight excluding hydrogens is 298 g/mol. The Hall–Kier alpha value is -3.29. The Morgan fingerprint density at radius 1 is 1.30 bits per heavy atom. The zero-order chi connectivity index (χ0) is 16.8. The second-order valence-electron chi connectivity index (χ2n) is 4.83. The Kier molecular flexibility index (Phi) is 4.98. The Morgan fingerprint density at radius 3 is 2.61 bits per heavy atom. The van der Waals surface area contributed by atoms with Crippen molar-refractivity contribution in [1.82, 2.24) is 10.4 Å². The van der Waals surface area contributed by atoms with Crippen molar-refractivity contribution in [1.29, 1.82) is 0 Å².